The van der Waals surface area contributed by atoms with E-state index in [4.69, 9.17) is 15.7 Å². The zero-order valence-corrected chi connectivity index (χ0v) is 16.6. The molecule has 0 unspecified atom stereocenters. The van der Waals surface area contributed by atoms with Gasteiger partial charge in [-0.2, -0.15) is 5.26 Å². The van der Waals surface area contributed by atoms with Crippen molar-refractivity contribution < 1.29 is 22.7 Å². The van der Waals surface area contributed by atoms with E-state index >= 15 is 0 Å². The molecule has 8 nitrogen and oxygen atoms in total. The predicted octanol–water partition coefficient (Wildman–Crippen LogP) is 2.35. The van der Waals surface area contributed by atoms with Crippen molar-refractivity contribution in [1.29, 1.82) is 5.26 Å². The monoisotopic (exact) mass is 516 g/mol. The van der Waals surface area contributed by atoms with Gasteiger partial charge in [0.05, 0.1) is 9.49 Å². The Balaban J connectivity index is 1.98. The molecule has 3 N–H and O–H groups in total. The highest BCUT2D eigenvalue weighted by Gasteiger charge is 2.53. The first-order valence-corrected chi connectivity index (χ1v) is 9.27. The Bertz CT molecular complexity index is 1010. The van der Waals surface area contributed by atoms with E-state index in [-0.39, 0.29) is 23.7 Å². The molecule has 0 saturated heterocycles. The third kappa shape index (κ3) is 3.95. The number of rotatable bonds is 4. The van der Waals surface area contributed by atoms with E-state index in [1.807, 2.05) is 6.07 Å². The fourth-order valence-corrected chi connectivity index (χ4v) is 3.51. The largest absolute Gasteiger partial charge is 0.464 e. The molecule has 2 atom stereocenters. The summed E-state index contributed by atoms with van der Waals surface area (Å²) >= 11 is 1.67. The second-order valence-corrected chi connectivity index (χ2v) is 7.38. The van der Waals surface area contributed by atoms with E-state index in [0.717, 1.165) is 12.1 Å². The first kappa shape index (κ1) is 20.8. The number of nitrogens with zero attached hydrogens (tertiary/aromatic N) is 4. The molecule has 0 bridgehead atoms. The molecule has 0 saturated carbocycles. The van der Waals surface area contributed by atoms with Crippen LogP contribution in [0.2, 0.25) is 0 Å². The van der Waals surface area contributed by atoms with Gasteiger partial charge in [-0.15, -0.1) is 0 Å². The normalized spacial score (nSPS) is 21.1. The Morgan fingerprint density at radius 1 is 1.41 bits per heavy atom. The zero-order chi connectivity index (χ0) is 21.2. The lowest BCUT2D eigenvalue weighted by Gasteiger charge is -2.36. The van der Waals surface area contributed by atoms with Crippen molar-refractivity contribution in [3.8, 4) is 6.07 Å². The van der Waals surface area contributed by atoms with E-state index in [1.54, 1.807) is 22.6 Å². The lowest BCUT2D eigenvalue weighted by molar-refractivity contribution is 0.0303. The molecule has 12 heteroatoms. The van der Waals surface area contributed by atoms with Gasteiger partial charge in [0.25, 0.3) is 18.4 Å². The number of carbonyl (C=O) groups excluding carboxylic acids is 1. The van der Waals surface area contributed by atoms with Gasteiger partial charge in [-0.25, -0.2) is 28.1 Å². The quantitative estimate of drug-likeness (QED) is 0.475. The highest BCUT2D eigenvalue weighted by atomic mass is 127. The summed E-state index contributed by atoms with van der Waals surface area (Å²) in [5, 5.41) is 11.1. The maximum Gasteiger partial charge on any atom is 0.283 e. The molecule has 2 aromatic rings. The van der Waals surface area contributed by atoms with Crippen molar-refractivity contribution in [3.05, 3.63) is 53.2 Å². The van der Waals surface area contributed by atoms with E-state index < -0.39 is 39.3 Å². The lowest BCUT2D eigenvalue weighted by atomic mass is 9.90. The molecular weight excluding hydrogens is 504 g/mol. The fraction of sp³-hybridized carbons (Fsp3) is 0.235. The Kier molecular flexibility index (Phi) is 5.87. The number of carbonyl (C=O) groups is 1. The van der Waals surface area contributed by atoms with Crippen LogP contribution in [0.4, 0.5) is 19.0 Å². The summed E-state index contributed by atoms with van der Waals surface area (Å²) in [6, 6.07) is 6.07. The van der Waals surface area contributed by atoms with Crippen LogP contribution in [0.15, 0.2) is 35.5 Å². The summed E-state index contributed by atoms with van der Waals surface area (Å²) in [4.78, 5) is 23.7. The number of hydrogen-bond acceptors (Lipinski definition) is 7. The van der Waals surface area contributed by atoms with Crippen molar-refractivity contribution in [2.45, 2.75) is 15.9 Å². The highest BCUT2D eigenvalue weighted by molar-refractivity contribution is 14.1. The van der Waals surface area contributed by atoms with Gasteiger partial charge in [-0.1, -0.05) is 22.6 Å². The second-order valence-electron chi connectivity index (χ2n) is 5.88. The molecule has 1 aliphatic rings. The number of aliphatic imine (C=N–C) groups is 1. The molecule has 0 radical (unpaired) electrons. The zero-order valence-electron chi connectivity index (χ0n) is 14.4. The first-order valence-electron chi connectivity index (χ1n) is 8.02. The number of ether oxygens (including phenoxy) is 1. The van der Waals surface area contributed by atoms with Crippen molar-refractivity contribution in [2.24, 2.45) is 10.7 Å². The fourth-order valence-electron chi connectivity index (χ4n) is 2.63. The van der Waals surface area contributed by atoms with Gasteiger partial charge in [0.15, 0.2) is 5.54 Å². The Morgan fingerprint density at radius 2 is 2.17 bits per heavy atom. The summed E-state index contributed by atoms with van der Waals surface area (Å²) < 4.78 is 46.6. The summed E-state index contributed by atoms with van der Waals surface area (Å²) in [7, 11) is 0. The van der Waals surface area contributed by atoms with Crippen LogP contribution in [-0.2, 0) is 10.3 Å². The van der Waals surface area contributed by atoms with Crippen molar-refractivity contribution in [1.82, 2.24) is 9.97 Å². The summed E-state index contributed by atoms with van der Waals surface area (Å²) in [6.45, 7) is -0.215. The Labute approximate surface area is 176 Å². The molecule has 1 aliphatic heterocycles. The maximum atomic E-state index is 14.5. The molecule has 0 aromatic carbocycles. The van der Waals surface area contributed by atoms with Gasteiger partial charge >= 0.3 is 0 Å². The molecule has 2 aromatic heterocycles. The van der Waals surface area contributed by atoms with Crippen molar-refractivity contribution in [2.75, 3.05) is 11.9 Å². The van der Waals surface area contributed by atoms with Crippen molar-refractivity contribution >= 4 is 40.3 Å². The van der Waals surface area contributed by atoms with Gasteiger partial charge in [0, 0.05) is 6.20 Å². The Morgan fingerprint density at radius 3 is 2.79 bits per heavy atom. The van der Waals surface area contributed by atoms with Gasteiger partial charge in [-0.3, -0.25) is 4.79 Å². The van der Waals surface area contributed by atoms with Gasteiger partial charge in [-0.05, 0) is 24.3 Å². The van der Waals surface area contributed by atoms with Crippen molar-refractivity contribution in [3.63, 3.8) is 0 Å². The van der Waals surface area contributed by atoms with Crippen LogP contribution < -0.4 is 11.1 Å². The van der Waals surface area contributed by atoms with E-state index in [2.05, 4.69) is 20.3 Å². The van der Waals surface area contributed by atoms with Crippen LogP contribution in [-0.4, -0.2) is 38.9 Å². The standard InChI is InChI=1S/C17H12F3IN6O2/c18-9-2-4-12(26-14(28)10-3-1-8(5-22)6-24-10)25-13(9)17(15(19)20)11(21)7-29-16(23)27-17/h1-4,6,11,15H,7H2,(H2,23,27)(H,25,26,28)/t11-,17-/m0/s1. The number of nitriles is 1. The minimum atomic E-state index is -3.14. The molecule has 3 rings (SSSR count). The van der Waals surface area contributed by atoms with Crippen LogP contribution in [0.3, 0.4) is 0 Å². The summed E-state index contributed by atoms with van der Waals surface area (Å²) in [5.41, 5.74) is 2.63. The summed E-state index contributed by atoms with van der Waals surface area (Å²) in [6.07, 6.45) is -1.94. The third-order valence-corrected chi connectivity index (χ3v) is 5.38. The number of anilines is 1. The topological polar surface area (TPSA) is 126 Å². The van der Waals surface area contributed by atoms with Gasteiger partial charge < -0.3 is 15.8 Å². The molecule has 1 amide bonds. The molecule has 0 fully saturated rings. The number of hydrogen-bond donors (Lipinski definition) is 2. The predicted molar refractivity (Wildman–Crippen MR) is 104 cm³/mol. The number of pyridine rings is 2. The van der Waals surface area contributed by atoms with Crippen LogP contribution in [0, 0.1) is 17.1 Å². The molecule has 0 spiro atoms. The van der Waals surface area contributed by atoms with Crippen LogP contribution in [0.1, 0.15) is 21.7 Å². The Hall–Kier alpha value is -2.95. The van der Waals surface area contributed by atoms with Gasteiger partial charge in [0.1, 0.15) is 35.7 Å². The lowest BCUT2D eigenvalue weighted by Crippen LogP contribution is -2.50. The smallest absolute Gasteiger partial charge is 0.283 e. The van der Waals surface area contributed by atoms with Crippen LogP contribution in [0.25, 0.3) is 0 Å². The SMILES string of the molecule is N#Cc1ccc(C(=O)Nc2ccc(F)c([C@@]3(C(F)F)N=C(N)OC[C@@H]3I)n2)nc1. The number of aromatic nitrogens is 2. The molecule has 3 heterocycles. The maximum absolute atomic E-state index is 14.5. The number of halogens is 4. The molecule has 0 aliphatic carbocycles. The number of amides is 1. The highest BCUT2D eigenvalue weighted by Crippen LogP contribution is 2.42. The van der Waals surface area contributed by atoms with Gasteiger partial charge in [0.2, 0.25) is 0 Å². The molecule has 150 valence electrons. The average molecular weight is 516 g/mol. The van der Waals surface area contributed by atoms with E-state index in [9.17, 15) is 18.0 Å². The number of nitrogens with two attached hydrogens (primary N) is 1. The minimum Gasteiger partial charge on any atom is -0.464 e. The van der Waals surface area contributed by atoms with E-state index in [0.29, 0.717) is 0 Å². The third-order valence-electron chi connectivity index (χ3n) is 4.08. The number of amidine groups is 1. The minimum absolute atomic E-state index is 0.0413. The first-order chi connectivity index (χ1) is 13.8. The van der Waals surface area contributed by atoms with Crippen LogP contribution in [0.5, 0.6) is 0 Å². The molecule has 29 heavy (non-hydrogen) atoms. The second kappa shape index (κ2) is 8.19. The van der Waals surface area contributed by atoms with E-state index in [1.165, 1.54) is 18.3 Å². The number of alkyl halides is 3. The summed E-state index contributed by atoms with van der Waals surface area (Å²) in [5.74, 6) is -1.92. The average Bonchev–Trinajstić information content (AvgIpc) is 2.71. The number of nitrogens with one attached hydrogen (secondary N) is 1. The molecular formula is C17H12F3IN6O2. The van der Waals surface area contributed by atoms with Crippen LogP contribution >= 0.6 is 22.6 Å².